The Morgan fingerprint density at radius 3 is 2.95 bits per heavy atom. The summed E-state index contributed by atoms with van der Waals surface area (Å²) < 4.78 is 7.42. The summed E-state index contributed by atoms with van der Waals surface area (Å²) in [5.41, 5.74) is 7.87. The van der Waals surface area contributed by atoms with Crippen LogP contribution in [0.5, 0.6) is 5.75 Å². The number of fused-ring (bicyclic) bond motifs is 1. The molecule has 0 saturated carbocycles. The Morgan fingerprint density at radius 2 is 2.14 bits per heavy atom. The van der Waals surface area contributed by atoms with E-state index in [0.717, 1.165) is 17.6 Å². The minimum atomic E-state index is 0.276. The molecule has 0 aliphatic heterocycles. The molecule has 6 nitrogen and oxygen atoms in total. The average Bonchev–Trinajstić information content (AvgIpc) is 2.87. The van der Waals surface area contributed by atoms with E-state index in [2.05, 4.69) is 28.1 Å². The summed E-state index contributed by atoms with van der Waals surface area (Å²) in [6.07, 6.45) is 2.64. The molecule has 0 fully saturated rings. The number of hydrogen-bond acceptors (Lipinski definition) is 5. The number of nitrogens with two attached hydrogens (primary N) is 1. The first kappa shape index (κ1) is 13.4. The molecule has 6 heteroatoms. The second-order valence-corrected chi connectivity index (χ2v) is 4.82. The van der Waals surface area contributed by atoms with Crippen LogP contribution in [-0.2, 0) is 20.1 Å². The number of nitrogens with zero attached hydrogens (tertiary/aromatic N) is 4. The maximum Gasteiger partial charge on any atom is 0.170 e. The first-order valence-electron chi connectivity index (χ1n) is 6.83. The molecule has 0 aliphatic rings. The van der Waals surface area contributed by atoms with Gasteiger partial charge in [0.05, 0.1) is 11.6 Å². The van der Waals surface area contributed by atoms with E-state index >= 15 is 0 Å². The average molecular weight is 283 g/mol. The molecule has 0 unspecified atom stereocenters. The van der Waals surface area contributed by atoms with Crippen molar-refractivity contribution in [3.8, 4) is 5.75 Å². The zero-order valence-electron chi connectivity index (χ0n) is 12.1. The lowest BCUT2D eigenvalue weighted by atomic mass is 10.2. The molecule has 0 radical (unpaired) electrons. The predicted octanol–water partition coefficient (Wildman–Crippen LogP) is 2.09. The molecule has 0 bridgehead atoms. The second kappa shape index (κ2) is 5.40. The van der Waals surface area contributed by atoms with Crippen molar-refractivity contribution in [2.45, 2.75) is 20.0 Å². The van der Waals surface area contributed by atoms with E-state index in [4.69, 9.17) is 10.5 Å². The molecule has 2 heterocycles. The fourth-order valence-corrected chi connectivity index (χ4v) is 2.16. The van der Waals surface area contributed by atoms with E-state index in [0.29, 0.717) is 17.3 Å². The number of nitrogen functional groups attached to an aromatic ring is 1. The third-order valence-corrected chi connectivity index (χ3v) is 3.34. The van der Waals surface area contributed by atoms with Crippen LogP contribution in [0.4, 0.5) is 5.82 Å². The van der Waals surface area contributed by atoms with Crippen molar-refractivity contribution in [3.05, 3.63) is 41.9 Å². The molecule has 108 valence electrons. The quantitative estimate of drug-likeness (QED) is 0.793. The highest BCUT2D eigenvalue weighted by atomic mass is 16.5. The topological polar surface area (TPSA) is 78.9 Å². The highest BCUT2D eigenvalue weighted by molar-refractivity contribution is 5.84. The van der Waals surface area contributed by atoms with Crippen LogP contribution in [0, 0.1) is 0 Å². The summed E-state index contributed by atoms with van der Waals surface area (Å²) in [6, 6.07) is 7.99. The molecule has 0 spiro atoms. The zero-order chi connectivity index (χ0) is 14.8. The maximum absolute atomic E-state index is 5.92. The molecule has 21 heavy (non-hydrogen) atoms. The van der Waals surface area contributed by atoms with Crippen LogP contribution in [0.25, 0.3) is 11.0 Å². The fraction of sp³-hybridized carbons (Fsp3) is 0.267. The van der Waals surface area contributed by atoms with Gasteiger partial charge >= 0.3 is 0 Å². The number of ether oxygens (including phenoxy) is 1. The van der Waals surface area contributed by atoms with E-state index in [1.165, 1.54) is 5.56 Å². The molecule has 0 aliphatic carbocycles. The molecule has 0 atom stereocenters. The van der Waals surface area contributed by atoms with Crippen LogP contribution < -0.4 is 10.5 Å². The Hall–Kier alpha value is -2.63. The normalized spacial score (nSPS) is 11.0. The number of aryl methyl sites for hydroxylation is 2. The van der Waals surface area contributed by atoms with Gasteiger partial charge in [0.25, 0.3) is 0 Å². The SMILES string of the molecule is CCc1cccc(OCc2nc(N)c3cnn(C)c3n2)c1. The number of anilines is 1. The Kier molecular flexibility index (Phi) is 3.43. The van der Waals surface area contributed by atoms with Crippen molar-refractivity contribution in [1.82, 2.24) is 19.7 Å². The van der Waals surface area contributed by atoms with Crippen LogP contribution in [0.3, 0.4) is 0 Å². The van der Waals surface area contributed by atoms with Crippen molar-refractivity contribution >= 4 is 16.9 Å². The minimum absolute atomic E-state index is 0.276. The fourth-order valence-electron chi connectivity index (χ4n) is 2.16. The summed E-state index contributed by atoms with van der Waals surface area (Å²) in [5.74, 6) is 1.78. The third kappa shape index (κ3) is 2.65. The van der Waals surface area contributed by atoms with Crippen molar-refractivity contribution < 1.29 is 4.74 Å². The van der Waals surface area contributed by atoms with E-state index in [9.17, 15) is 0 Å². The maximum atomic E-state index is 5.92. The van der Waals surface area contributed by atoms with Gasteiger partial charge < -0.3 is 10.5 Å². The summed E-state index contributed by atoms with van der Waals surface area (Å²) in [7, 11) is 1.82. The standard InChI is InChI=1S/C15H17N5O/c1-3-10-5-4-6-11(7-10)21-9-13-18-14(16)12-8-17-20(2)15(12)19-13/h4-8H,3,9H2,1-2H3,(H2,16,18,19). The summed E-state index contributed by atoms with van der Waals surface area (Å²) >= 11 is 0. The van der Waals surface area contributed by atoms with Crippen LogP contribution in [0.2, 0.25) is 0 Å². The van der Waals surface area contributed by atoms with Crippen molar-refractivity contribution in [2.75, 3.05) is 5.73 Å². The van der Waals surface area contributed by atoms with E-state index < -0.39 is 0 Å². The second-order valence-electron chi connectivity index (χ2n) is 4.82. The highest BCUT2D eigenvalue weighted by Crippen LogP contribution is 2.18. The molecule has 2 aromatic heterocycles. The first-order chi connectivity index (χ1) is 10.2. The predicted molar refractivity (Wildman–Crippen MR) is 80.9 cm³/mol. The lowest BCUT2D eigenvalue weighted by Crippen LogP contribution is -2.06. The van der Waals surface area contributed by atoms with Gasteiger partial charge in [0.1, 0.15) is 18.2 Å². The monoisotopic (exact) mass is 283 g/mol. The Morgan fingerprint density at radius 1 is 1.29 bits per heavy atom. The molecule has 0 amide bonds. The van der Waals surface area contributed by atoms with Crippen LogP contribution >= 0.6 is 0 Å². The molecule has 3 rings (SSSR count). The highest BCUT2D eigenvalue weighted by Gasteiger charge is 2.09. The van der Waals surface area contributed by atoms with Gasteiger partial charge in [0.15, 0.2) is 11.5 Å². The molecular formula is C15H17N5O. The van der Waals surface area contributed by atoms with Crippen LogP contribution in [0.1, 0.15) is 18.3 Å². The van der Waals surface area contributed by atoms with Gasteiger partial charge in [-0.1, -0.05) is 19.1 Å². The van der Waals surface area contributed by atoms with Gasteiger partial charge in [-0.15, -0.1) is 0 Å². The van der Waals surface area contributed by atoms with Gasteiger partial charge in [-0.05, 0) is 24.1 Å². The first-order valence-corrected chi connectivity index (χ1v) is 6.83. The van der Waals surface area contributed by atoms with Gasteiger partial charge in [-0.25, -0.2) is 9.97 Å². The lowest BCUT2D eigenvalue weighted by molar-refractivity contribution is 0.296. The molecule has 3 aromatic rings. The zero-order valence-corrected chi connectivity index (χ0v) is 12.1. The Labute approximate surface area is 122 Å². The van der Waals surface area contributed by atoms with Crippen molar-refractivity contribution in [2.24, 2.45) is 7.05 Å². The van der Waals surface area contributed by atoms with E-state index in [1.807, 2.05) is 25.2 Å². The number of hydrogen-bond donors (Lipinski definition) is 1. The smallest absolute Gasteiger partial charge is 0.170 e. The molecule has 1 aromatic carbocycles. The minimum Gasteiger partial charge on any atom is -0.486 e. The van der Waals surface area contributed by atoms with Crippen LogP contribution in [0.15, 0.2) is 30.5 Å². The van der Waals surface area contributed by atoms with Crippen molar-refractivity contribution in [1.29, 1.82) is 0 Å². The molecule has 2 N–H and O–H groups in total. The van der Waals surface area contributed by atoms with E-state index in [1.54, 1.807) is 10.9 Å². The number of rotatable bonds is 4. The van der Waals surface area contributed by atoms with Crippen LogP contribution in [-0.4, -0.2) is 19.7 Å². The Bertz CT molecular complexity index is 781. The third-order valence-electron chi connectivity index (χ3n) is 3.34. The van der Waals surface area contributed by atoms with Gasteiger partial charge in [-0.2, -0.15) is 5.10 Å². The summed E-state index contributed by atoms with van der Waals surface area (Å²) in [4.78, 5) is 8.70. The van der Waals surface area contributed by atoms with Gasteiger partial charge in [-0.3, -0.25) is 4.68 Å². The molecular weight excluding hydrogens is 266 g/mol. The van der Waals surface area contributed by atoms with Gasteiger partial charge in [0.2, 0.25) is 0 Å². The number of aromatic nitrogens is 4. The molecule has 0 saturated heterocycles. The van der Waals surface area contributed by atoms with E-state index in [-0.39, 0.29) is 6.61 Å². The lowest BCUT2D eigenvalue weighted by Gasteiger charge is -2.07. The number of benzene rings is 1. The largest absolute Gasteiger partial charge is 0.486 e. The summed E-state index contributed by atoms with van der Waals surface area (Å²) in [5, 5.41) is 4.89. The summed E-state index contributed by atoms with van der Waals surface area (Å²) in [6.45, 7) is 2.39. The van der Waals surface area contributed by atoms with Gasteiger partial charge in [0, 0.05) is 7.05 Å². The Balaban J connectivity index is 1.83. The van der Waals surface area contributed by atoms with Crippen molar-refractivity contribution in [3.63, 3.8) is 0 Å².